The molecule has 0 saturated carbocycles. The molecule has 1 aromatic rings. The van der Waals surface area contributed by atoms with E-state index in [2.05, 4.69) is 31.1 Å². The third-order valence-corrected chi connectivity index (χ3v) is 3.15. The highest BCUT2D eigenvalue weighted by molar-refractivity contribution is 14.0. The highest BCUT2D eigenvalue weighted by Gasteiger charge is 2.21. The van der Waals surface area contributed by atoms with Crippen molar-refractivity contribution in [2.75, 3.05) is 19.6 Å². The van der Waals surface area contributed by atoms with Crippen LogP contribution >= 0.6 is 24.0 Å². The molecule has 10 heteroatoms. The number of halogens is 1. The van der Waals surface area contributed by atoms with Crippen molar-refractivity contribution >= 4 is 36.0 Å². The number of aliphatic imine (C=N–C) groups is 1. The van der Waals surface area contributed by atoms with Crippen molar-refractivity contribution in [1.82, 2.24) is 26.1 Å². The van der Waals surface area contributed by atoms with E-state index in [4.69, 9.17) is 9.26 Å². The van der Waals surface area contributed by atoms with Gasteiger partial charge in [-0.1, -0.05) is 25.9 Å². The molecule has 0 bridgehead atoms. The molecule has 1 amide bonds. The van der Waals surface area contributed by atoms with Gasteiger partial charge in [-0.05, 0) is 34.1 Å². The lowest BCUT2D eigenvalue weighted by molar-refractivity contribution is 0.0527. The molecule has 0 aromatic carbocycles. The molecule has 1 rings (SSSR count). The van der Waals surface area contributed by atoms with Gasteiger partial charge in [0.1, 0.15) is 12.1 Å². The zero-order valence-corrected chi connectivity index (χ0v) is 20.3. The Labute approximate surface area is 184 Å². The number of alkyl carbamates (subject to hydrolysis) is 1. The predicted molar refractivity (Wildman–Crippen MR) is 120 cm³/mol. The predicted octanol–water partition coefficient (Wildman–Crippen LogP) is 2.96. The van der Waals surface area contributed by atoms with Gasteiger partial charge < -0.3 is 25.2 Å². The second-order valence-electron chi connectivity index (χ2n) is 8.17. The first kappa shape index (κ1) is 26.4. The van der Waals surface area contributed by atoms with Crippen LogP contribution in [0.5, 0.6) is 0 Å². The summed E-state index contributed by atoms with van der Waals surface area (Å²) >= 11 is 0. The van der Waals surface area contributed by atoms with Gasteiger partial charge >= 0.3 is 6.09 Å². The molecule has 28 heavy (non-hydrogen) atoms. The normalized spacial score (nSPS) is 12.2. The molecule has 0 fully saturated rings. The van der Waals surface area contributed by atoms with Gasteiger partial charge in [-0.3, -0.25) is 0 Å². The van der Waals surface area contributed by atoms with Gasteiger partial charge in [0.2, 0.25) is 5.89 Å². The van der Waals surface area contributed by atoms with E-state index in [1.807, 2.05) is 48.5 Å². The zero-order valence-electron chi connectivity index (χ0n) is 18.0. The summed E-state index contributed by atoms with van der Waals surface area (Å²) in [5.74, 6) is 1.81. The van der Waals surface area contributed by atoms with Gasteiger partial charge in [-0.2, -0.15) is 4.98 Å². The SMILES string of the molecule is CCNC(=NCc1noc(C(C)(C)C)n1)NCCCNC(=O)OC(C)(C)C.I. The minimum atomic E-state index is -0.491. The number of carbonyl (C=O) groups is 1. The maximum atomic E-state index is 11.6. The Kier molecular flexibility index (Phi) is 11.4. The Hall–Kier alpha value is -1.59. The van der Waals surface area contributed by atoms with Crippen LogP contribution in [0.25, 0.3) is 0 Å². The van der Waals surface area contributed by atoms with Gasteiger partial charge in [0.25, 0.3) is 0 Å². The van der Waals surface area contributed by atoms with Gasteiger partial charge in [0.15, 0.2) is 11.8 Å². The highest BCUT2D eigenvalue weighted by atomic mass is 127. The largest absolute Gasteiger partial charge is 0.444 e. The van der Waals surface area contributed by atoms with E-state index in [0.717, 1.165) is 13.0 Å². The average Bonchev–Trinajstić information content (AvgIpc) is 2.99. The van der Waals surface area contributed by atoms with Gasteiger partial charge in [-0.25, -0.2) is 9.79 Å². The molecule has 0 aliphatic rings. The Morgan fingerprint density at radius 1 is 1.11 bits per heavy atom. The number of nitrogens with one attached hydrogen (secondary N) is 3. The first-order chi connectivity index (χ1) is 12.5. The molecule has 9 nitrogen and oxygen atoms in total. The topological polar surface area (TPSA) is 114 Å². The van der Waals surface area contributed by atoms with E-state index in [0.29, 0.717) is 37.3 Å². The molecule has 1 heterocycles. The summed E-state index contributed by atoms with van der Waals surface area (Å²) < 4.78 is 10.5. The molecule has 0 radical (unpaired) electrons. The molecular weight excluding hydrogens is 475 g/mol. The van der Waals surface area contributed by atoms with Crippen molar-refractivity contribution in [1.29, 1.82) is 0 Å². The van der Waals surface area contributed by atoms with Crippen molar-refractivity contribution in [2.45, 2.75) is 72.4 Å². The summed E-state index contributed by atoms with van der Waals surface area (Å²) in [6.45, 7) is 15.8. The smallest absolute Gasteiger partial charge is 0.407 e. The quantitative estimate of drug-likeness (QED) is 0.224. The van der Waals surface area contributed by atoms with Crippen molar-refractivity contribution in [2.24, 2.45) is 4.99 Å². The monoisotopic (exact) mass is 510 g/mol. The molecule has 3 N–H and O–H groups in total. The number of aromatic nitrogens is 2. The lowest BCUT2D eigenvalue weighted by Crippen LogP contribution is -2.39. The van der Waals surface area contributed by atoms with Crippen LogP contribution in [0.4, 0.5) is 4.79 Å². The van der Waals surface area contributed by atoms with Crippen molar-refractivity contribution in [3.63, 3.8) is 0 Å². The number of hydrogen-bond acceptors (Lipinski definition) is 6. The fourth-order valence-electron chi connectivity index (χ4n) is 1.91. The number of amides is 1. The summed E-state index contributed by atoms with van der Waals surface area (Å²) in [6.07, 6.45) is 0.329. The Morgan fingerprint density at radius 3 is 2.29 bits per heavy atom. The minimum Gasteiger partial charge on any atom is -0.444 e. The standard InChI is InChI=1S/C18H34N6O3.HI/c1-8-19-15(20-10-9-11-21-16(25)26-18(5,6)7)22-12-13-23-14(27-24-13)17(2,3)4;/h8-12H2,1-7H3,(H,21,25)(H2,19,20,22);1H. The summed E-state index contributed by atoms with van der Waals surface area (Å²) in [5.41, 5.74) is -0.673. The number of guanidine groups is 1. The number of rotatable bonds is 7. The average molecular weight is 510 g/mol. The van der Waals surface area contributed by atoms with Crippen LogP contribution in [-0.2, 0) is 16.7 Å². The fourth-order valence-corrected chi connectivity index (χ4v) is 1.91. The second-order valence-corrected chi connectivity index (χ2v) is 8.17. The third kappa shape index (κ3) is 11.3. The van der Waals surface area contributed by atoms with Crippen molar-refractivity contribution in [3.05, 3.63) is 11.7 Å². The van der Waals surface area contributed by atoms with E-state index >= 15 is 0 Å². The molecular formula is C18H35IN6O3. The molecule has 0 atom stereocenters. The van der Waals surface area contributed by atoms with E-state index < -0.39 is 11.7 Å². The summed E-state index contributed by atoms with van der Waals surface area (Å²) in [6, 6.07) is 0. The number of nitrogens with zero attached hydrogens (tertiary/aromatic N) is 3. The van der Waals surface area contributed by atoms with Crippen LogP contribution in [0.1, 0.15) is 66.6 Å². The molecule has 0 spiro atoms. The van der Waals surface area contributed by atoms with Crippen LogP contribution in [0.15, 0.2) is 9.52 Å². The first-order valence-corrected chi connectivity index (χ1v) is 9.33. The maximum absolute atomic E-state index is 11.6. The number of carbonyl (C=O) groups excluding carboxylic acids is 1. The summed E-state index contributed by atoms with van der Waals surface area (Å²) in [5, 5.41) is 13.1. The van der Waals surface area contributed by atoms with Gasteiger partial charge in [-0.15, -0.1) is 24.0 Å². The van der Waals surface area contributed by atoms with Crippen molar-refractivity contribution < 1.29 is 14.1 Å². The fraction of sp³-hybridized carbons (Fsp3) is 0.778. The lowest BCUT2D eigenvalue weighted by atomic mass is 9.97. The molecule has 1 aromatic heterocycles. The molecule has 0 saturated heterocycles. The lowest BCUT2D eigenvalue weighted by Gasteiger charge is -2.19. The third-order valence-electron chi connectivity index (χ3n) is 3.15. The minimum absolute atomic E-state index is 0. The number of ether oxygens (including phenoxy) is 1. The van der Waals surface area contributed by atoms with E-state index in [1.165, 1.54) is 0 Å². The van der Waals surface area contributed by atoms with E-state index in [-0.39, 0.29) is 29.4 Å². The first-order valence-electron chi connectivity index (χ1n) is 9.33. The van der Waals surface area contributed by atoms with Gasteiger partial charge in [0.05, 0.1) is 0 Å². The zero-order chi connectivity index (χ0) is 20.5. The molecule has 162 valence electrons. The van der Waals surface area contributed by atoms with E-state index in [1.54, 1.807) is 0 Å². The molecule has 0 unspecified atom stereocenters. The highest BCUT2D eigenvalue weighted by Crippen LogP contribution is 2.19. The second kappa shape index (κ2) is 12.1. The summed E-state index contributed by atoms with van der Waals surface area (Å²) in [4.78, 5) is 20.4. The van der Waals surface area contributed by atoms with Crippen LogP contribution in [0.3, 0.4) is 0 Å². The van der Waals surface area contributed by atoms with Crippen LogP contribution in [0.2, 0.25) is 0 Å². The van der Waals surface area contributed by atoms with E-state index in [9.17, 15) is 4.79 Å². The Balaban J connectivity index is 0.00000729. The van der Waals surface area contributed by atoms with Crippen molar-refractivity contribution in [3.8, 4) is 0 Å². The Morgan fingerprint density at radius 2 is 1.75 bits per heavy atom. The van der Waals surface area contributed by atoms with Crippen LogP contribution in [-0.4, -0.2) is 47.4 Å². The van der Waals surface area contributed by atoms with Gasteiger partial charge in [0, 0.05) is 25.0 Å². The van der Waals surface area contributed by atoms with Crippen LogP contribution < -0.4 is 16.0 Å². The van der Waals surface area contributed by atoms with Crippen LogP contribution in [0, 0.1) is 0 Å². The molecule has 0 aliphatic carbocycles. The number of hydrogen-bond donors (Lipinski definition) is 3. The maximum Gasteiger partial charge on any atom is 0.407 e. The summed E-state index contributed by atoms with van der Waals surface area (Å²) in [7, 11) is 0. The molecule has 0 aliphatic heterocycles. The Bertz CT molecular complexity index is 620.